The van der Waals surface area contributed by atoms with Gasteiger partial charge in [0.2, 0.25) is 0 Å². The van der Waals surface area contributed by atoms with E-state index >= 15 is 0 Å². The summed E-state index contributed by atoms with van der Waals surface area (Å²) in [4.78, 5) is 11.0. The van der Waals surface area contributed by atoms with Crippen LogP contribution in [0.2, 0.25) is 0 Å². The smallest absolute Gasteiger partial charge is 0.336 e. The number of aromatic carboxylic acids is 1. The van der Waals surface area contributed by atoms with E-state index in [2.05, 4.69) is 15.9 Å². The minimum atomic E-state index is -0.988. The summed E-state index contributed by atoms with van der Waals surface area (Å²) in [5.74, 6) is -0.819. The van der Waals surface area contributed by atoms with E-state index in [1.165, 1.54) is 12.1 Å². The summed E-state index contributed by atoms with van der Waals surface area (Å²) in [7, 11) is 0. The lowest BCUT2D eigenvalue weighted by atomic mass is 10.1. The van der Waals surface area contributed by atoms with Crippen molar-refractivity contribution in [1.82, 2.24) is 0 Å². The van der Waals surface area contributed by atoms with Gasteiger partial charge in [-0.05, 0) is 52.7 Å². The lowest BCUT2D eigenvalue weighted by Crippen LogP contribution is -2.03. The van der Waals surface area contributed by atoms with Crippen molar-refractivity contribution in [1.29, 1.82) is 0 Å². The summed E-state index contributed by atoms with van der Waals surface area (Å²) in [6, 6.07) is 9.47. The maximum Gasteiger partial charge on any atom is 0.336 e. The van der Waals surface area contributed by atoms with Gasteiger partial charge in [-0.25, -0.2) is 9.18 Å². The van der Waals surface area contributed by atoms with Crippen LogP contribution in [0, 0.1) is 12.7 Å². The van der Waals surface area contributed by atoms with Crippen molar-refractivity contribution in [3.63, 3.8) is 0 Å². The second-order valence-corrected chi connectivity index (χ2v) is 5.13. The Kier molecular flexibility index (Phi) is 4.39. The highest BCUT2D eigenvalue weighted by molar-refractivity contribution is 9.10. The highest BCUT2D eigenvalue weighted by Crippen LogP contribution is 2.23. The van der Waals surface area contributed by atoms with Crippen molar-refractivity contribution in [3.8, 4) is 5.75 Å². The normalized spacial score (nSPS) is 10.3. The molecule has 0 aliphatic rings. The summed E-state index contributed by atoms with van der Waals surface area (Å²) >= 11 is 3.11. The fourth-order valence-corrected chi connectivity index (χ4v) is 2.22. The standard InChI is InChI=1S/C15H12BrFO3/c1-9-11(15(18)19)3-2-4-14(9)20-8-10-5-6-13(17)12(16)7-10/h2-7H,8H2,1H3,(H,18,19). The average Bonchev–Trinajstić information content (AvgIpc) is 2.41. The number of carboxylic acids is 1. The molecule has 0 bridgehead atoms. The van der Waals surface area contributed by atoms with E-state index in [1.54, 1.807) is 31.2 Å². The SMILES string of the molecule is Cc1c(OCc2ccc(F)c(Br)c2)cccc1C(=O)O. The summed E-state index contributed by atoms with van der Waals surface area (Å²) in [5.41, 5.74) is 1.57. The molecule has 0 atom stereocenters. The highest BCUT2D eigenvalue weighted by atomic mass is 79.9. The first-order valence-corrected chi connectivity index (χ1v) is 6.68. The van der Waals surface area contributed by atoms with E-state index in [9.17, 15) is 9.18 Å². The van der Waals surface area contributed by atoms with Gasteiger partial charge >= 0.3 is 5.97 Å². The third kappa shape index (κ3) is 3.17. The number of carbonyl (C=O) groups is 1. The molecule has 0 fully saturated rings. The van der Waals surface area contributed by atoms with Crippen LogP contribution in [-0.4, -0.2) is 11.1 Å². The predicted octanol–water partition coefficient (Wildman–Crippen LogP) is 4.17. The third-order valence-electron chi connectivity index (χ3n) is 2.89. The molecule has 0 saturated carbocycles. The zero-order valence-electron chi connectivity index (χ0n) is 10.7. The second-order valence-electron chi connectivity index (χ2n) is 4.27. The fraction of sp³-hybridized carbons (Fsp3) is 0.133. The summed E-state index contributed by atoms with van der Waals surface area (Å²) in [6.45, 7) is 1.93. The quantitative estimate of drug-likeness (QED) is 0.909. The van der Waals surface area contributed by atoms with E-state index in [-0.39, 0.29) is 18.0 Å². The van der Waals surface area contributed by atoms with E-state index < -0.39 is 5.97 Å². The molecule has 104 valence electrons. The molecule has 0 saturated heterocycles. The molecule has 5 heteroatoms. The summed E-state index contributed by atoms with van der Waals surface area (Å²) in [6.07, 6.45) is 0. The van der Waals surface area contributed by atoms with Crippen LogP contribution in [0.25, 0.3) is 0 Å². The molecule has 0 radical (unpaired) electrons. The van der Waals surface area contributed by atoms with E-state index in [4.69, 9.17) is 9.84 Å². The number of rotatable bonds is 4. The minimum absolute atomic E-state index is 0.211. The Morgan fingerprint density at radius 2 is 2.10 bits per heavy atom. The van der Waals surface area contributed by atoms with Crippen LogP contribution in [0.5, 0.6) is 5.75 Å². The molecule has 0 amide bonds. The van der Waals surface area contributed by atoms with Gasteiger partial charge in [0.25, 0.3) is 0 Å². The lowest BCUT2D eigenvalue weighted by molar-refractivity contribution is 0.0695. The number of carboxylic acid groups (broad SMARTS) is 1. The molecule has 0 unspecified atom stereocenters. The Balaban J connectivity index is 2.17. The van der Waals surface area contributed by atoms with Gasteiger partial charge < -0.3 is 9.84 Å². The van der Waals surface area contributed by atoms with Gasteiger partial charge in [-0.15, -0.1) is 0 Å². The second kappa shape index (κ2) is 6.05. The molecular weight excluding hydrogens is 327 g/mol. The van der Waals surface area contributed by atoms with E-state index in [0.717, 1.165) is 5.56 Å². The Bertz CT molecular complexity index is 656. The average molecular weight is 339 g/mol. The minimum Gasteiger partial charge on any atom is -0.489 e. The van der Waals surface area contributed by atoms with Gasteiger partial charge in [0.15, 0.2) is 0 Å². The molecule has 20 heavy (non-hydrogen) atoms. The molecule has 2 rings (SSSR count). The molecule has 0 aliphatic heterocycles. The Labute approximate surface area is 124 Å². The van der Waals surface area contributed by atoms with Crippen LogP contribution < -0.4 is 4.74 Å². The fourth-order valence-electron chi connectivity index (χ4n) is 1.79. The maximum absolute atomic E-state index is 13.1. The highest BCUT2D eigenvalue weighted by Gasteiger charge is 2.11. The molecule has 0 spiro atoms. The van der Waals surface area contributed by atoms with Gasteiger partial charge in [0, 0.05) is 5.56 Å². The van der Waals surface area contributed by atoms with Crippen LogP contribution in [0.1, 0.15) is 21.5 Å². The van der Waals surface area contributed by atoms with Gasteiger partial charge in [-0.2, -0.15) is 0 Å². The van der Waals surface area contributed by atoms with Crippen molar-refractivity contribution in [3.05, 3.63) is 63.4 Å². The van der Waals surface area contributed by atoms with Crippen molar-refractivity contribution in [2.24, 2.45) is 0 Å². The Hall–Kier alpha value is -1.88. The largest absolute Gasteiger partial charge is 0.489 e. The van der Waals surface area contributed by atoms with Crippen molar-refractivity contribution in [2.45, 2.75) is 13.5 Å². The van der Waals surface area contributed by atoms with Crippen molar-refractivity contribution in [2.75, 3.05) is 0 Å². The third-order valence-corrected chi connectivity index (χ3v) is 3.50. The monoisotopic (exact) mass is 338 g/mol. The lowest BCUT2D eigenvalue weighted by Gasteiger charge is -2.11. The van der Waals surface area contributed by atoms with Crippen LogP contribution in [-0.2, 0) is 6.61 Å². The first-order chi connectivity index (χ1) is 9.49. The number of hydrogen-bond acceptors (Lipinski definition) is 2. The van der Waals surface area contributed by atoms with Crippen LogP contribution in [0.3, 0.4) is 0 Å². The van der Waals surface area contributed by atoms with Crippen LogP contribution in [0.15, 0.2) is 40.9 Å². The predicted molar refractivity (Wildman–Crippen MR) is 76.6 cm³/mol. The van der Waals surface area contributed by atoms with Gasteiger partial charge in [-0.3, -0.25) is 0 Å². The number of hydrogen-bond donors (Lipinski definition) is 1. The molecule has 3 nitrogen and oxygen atoms in total. The molecular formula is C15H12BrFO3. The zero-order chi connectivity index (χ0) is 14.7. The molecule has 1 N–H and O–H groups in total. The molecule has 0 aromatic heterocycles. The maximum atomic E-state index is 13.1. The molecule has 2 aromatic rings. The Morgan fingerprint density at radius 1 is 1.35 bits per heavy atom. The topological polar surface area (TPSA) is 46.5 Å². The van der Waals surface area contributed by atoms with Gasteiger partial charge in [-0.1, -0.05) is 12.1 Å². The van der Waals surface area contributed by atoms with E-state index in [1.807, 2.05) is 0 Å². The van der Waals surface area contributed by atoms with Crippen molar-refractivity contribution >= 4 is 21.9 Å². The first kappa shape index (κ1) is 14.5. The van der Waals surface area contributed by atoms with Gasteiger partial charge in [0.1, 0.15) is 18.2 Å². The molecule has 2 aromatic carbocycles. The molecule has 0 aliphatic carbocycles. The molecule has 0 heterocycles. The van der Waals surface area contributed by atoms with Crippen LogP contribution in [0.4, 0.5) is 4.39 Å². The number of ether oxygens (including phenoxy) is 1. The summed E-state index contributed by atoms with van der Waals surface area (Å²) in [5, 5.41) is 9.04. The summed E-state index contributed by atoms with van der Waals surface area (Å²) < 4.78 is 19.1. The Morgan fingerprint density at radius 3 is 2.75 bits per heavy atom. The number of halogens is 2. The first-order valence-electron chi connectivity index (χ1n) is 5.88. The van der Waals surface area contributed by atoms with Gasteiger partial charge in [0.05, 0.1) is 10.0 Å². The van der Waals surface area contributed by atoms with E-state index in [0.29, 0.717) is 15.8 Å². The number of benzene rings is 2. The van der Waals surface area contributed by atoms with Crippen LogP contribution >= 0.6 is 15.9 Å². The van der Waals surface area contributed by atoms with Crippen molar-refractivity contribution < 1.29 is 19.0 Å². The zero-order valence-corrected chi connectivity index (χ0v) is 12.3.